The van der Waals surface area contributed by atoms with Crippen LogP contribution in [0.15, 0.2) is 66.9 Å². The standard InChI is InChI=1S/C22H17N3O4/c1-2-23-12-11-15(16-7-5-6-10-20(16)23)13-19-17-8-3-4-9-18(17)21(24(26)27)14-22(19)25(28)29/h3-14H,2H2,1H3. The molecule has 0 aliphatic carbocycles. The second kappa shape index (κ2) is 7.20. The summed E-state index contributed by atoms with van der Waals surface area (Å²) in [4.78, 5) is 24.2. The van der Waals surface area contributed by atoms with Crippen molar-refractivity contribution < 1.29 is 9.85 Å². The summed E-state index contributed by atoms with van der Waals surface area (Å²) in [7, 11) is 0. The molecule has 0 aromatic heterocycles. The molecular formula is C22H17N3O4. The molecule has 0 atom stereocenters. The summed E-state index contributed by atoms with van der Waals surface area (Å²) in [6.45, 7) is 2.84. The first-order valence-electron chi connectivity index (χ1n) is 9.11. The van der Waals surface area contributed by atoms with Gasteiger partial charge in [-0.2, -0.15) is 0 Å². The molecule has 144 valence electrons. The highest BCUT2D eigenvalue weighted by Gasteiger charge is 2.25. The van der Waals surface area contributed by atoms with Crippen LogP contribution in [0.3, 0.4) is 0 Å². The van der Waals surface area contributed by atoms with E-state index in [1.807, 2.05) is 43.5 Å². The molecule has 0 saturated carbocycles. The first-order valence-corrected chi connectivity index (χ1v) is 9.11. The Morgan fingerprint density at radius 3 is 2.28 bits per heavy atom. The Morgan fingerprint density at radius 2 is 1.59 bits per heavy atom. The van der Waals surface area contributed by atoms with Crippen molar-refractivity contribution in [3.05, 3.63) is 98.2 Å². The van der Waals surface area contributed by atoms with E-state index >= 15 is 0 Å². The number of fused-ring (bicyclic) bond motifs is 2. The van der Waals surface area contributed by atoms with Crippen molar-refractivity contribution in [2.24, 2.45) is 0 Å². The van der Waals surface area contributed by atoms with Gasteiger partial charge in [0.1, 0.15) is 0 Å². The molecule has 0 bridgehead atoms. The van der Waals surface area contributed by atoms with Crippen LogP contribution in [0.5, 0.6) is 0 Å². The molecule has 0 saturated heterocycles. The number of nitro benzene ring substituents is 2. The fourth-order valence-electron chi connectivity index (χ4n) is 3.68. The van der Waals surface area contributed by atoms with E-state index < -0.39 is 9.85 Å². The minimum atomic E-state index is -0.582. The van der Waals surface area contributed by atoms with Gasteiger partial charge in [0.15, 0.2) is 0 Å². The van der Waals surface area contributed by atoms with E-state index in [2.05, 4.69) is 4.90 Å². The largest absolute Gasteiger partial charge is 0.348 e. The number of non-ortho nitro benzene ring substituents is 1. The molecule has 1 heterocycles. The Kier molecular flexibility index (Phi) is 4.56. The normalized spacial score (nSPS) is 14.2. The molecule has 0 N–H and O–H groups in total. The van der Waals surface area contributed by atoms with Gasteiger partial charge in [0.2, 0.25) is 0 Å². The van der Waals surface area contributed by atoms with Gasteiger partial charge in [-0.15, -0.1) is 0 Å². The predicted octanol–water partition coefficient (Wildman–Crippen LogP) is 5.55. The summed E-state index contributed by atoms with van der Waals surface area (Å²) in [6, 6.07) is 15.6. The number of anilines is 1. The zero-order valence-electron chi connectivity index (χ0n) is 15.6. The van der Waals surface area contributed by atoms with Crippen LogP contribution in [0.4, 0.5) is 17.1 Å². The molecule has 3 aromatic carbocycles. The molecule has 7 heteroatoms. The molecule has 4 rings (SSSR count). The van der Waals surface area contributed by atoms with Crippen molar-refractivity contribution >= 4 is 39.5 Å². The van der Waals surface area contributed by atoms with Crippen molar-refractivity contribution in [2.75, 3.05) is 11.4 Å². The Bertz CT molecular complexity index is 1210. The summed E-state index contributed by atoms with van der Waals surface area (Å²) in [5, 5.41) is 24.1. The number of hydrogen-bond acceptors (Lipinski definition) is 5. The van der Waals surface area contributed by atoms with Crippen molar-refractivity contribution in [3.63, 3.8) is 0 Å². The molecular weight excluding hydrogens is 370 g/mol. The highest BCUT2D eigenvalue weighted by molar-refractivity contribution is 6.05. The summed E-state index contributed by atoms with van der Waals surface area (Å²) < 4.78 is 0. The Labute approximate surface area is 166 Å². The van der Waals surface area contributed by atoms with E-state index in [-0.39, 0.29) is 11.4 Å². The molecule has 29 heavy (non-hydrogen) atoms. The number of allylic oxidation sites excluding steroid dienone is 2. The number of nitrogens with zero attached hydrogens (tertiary/aromatic N) is 3. The van der Waals surface area contributed by atoms with E-state index in [1.165, 1.54) is 0 Å². The molecule has 0 spiro atoms. The molecule has 3 aromatic rings. The Hall–Kier alpha value is -4.00. The van der Waals surface area contributed by atoms with E-state index in [0.717, 1.165) is 29.4 Å². The van der Waals surface area contributed by atoms with Gasteiger partial charge in [0, 0.05) is 29.4 Å². The smallest absolute Gasteiger partial charge is 0.284 e. The fraction of sp³-hybridized carbons (Fsp3) is 0.0909. The second-order valence-corrected chi connectivity index (χ2v) is 6.61. The SMILES string of the molecule is CCN1C=CC(=Cc2c([N+](=O)[O-])cc([N+](=O)[O-])c3ccccc23)c2ccccc21. The van der Waals surface area contributed by atoms with Crippen LogP contribution in [0.25, 0.3) is 22.4 Å². The average molecular weight is 387 g/mol. The van der Waals surface area contributed by atoms with E-state index in [4.69, 9.17) is 0 Å². The maximum Gasteiger partial charge on any atom is 0.284 e. The third-order valence-electron chi connectivity index (χ3n) is 5.04. The lowest BCUT2D eigenvalue weighted by molar-refractivity contribution is -0.393. The topological polar surface area (TPSA) is 89.5 Å². The zero-order valence-corrected chi connectivity index (χ0v) is 15.6. The average Bonchev–Trinajstić information content (AvgIpc) is 2.73. The summed E-state index contributed by atoms with van der Waals surface area (Å²) in [5.74, 6) is 0. The maximum absolute atomic E-state index is 11.8. The van der Waals surface area contributed by atoms with Crippen LogP contribution in [-0.4, -0.2) is 16.4 Å². The summed E-state index contributed by atoms with van der Waals surface area (Å²) in [5.41, 5.74) is 2.58. The van der Waals surface area contributed by atoms with Crippen LogP contribution >= 0.6 is 0 Å². The molecule has 0 radical (unpaired) electrons. The third kappa shape index (κ3) is 3.12. The molecule has 0 fully saturated rings. The van der Waals surface area contributed by atoms with Crippen LogP contribution in [0.2, 0.25) is 0 Å². The Morgan fingerprint density at radius 1 is 0.931 bits per heavy atom. The minimum Gasteiger partial charge on any atom is -0.348 e. The van der Waals surface area contributed by atoms with Gasteiger partial charge in [0.05, 0.1) is 26.9 Å². The molecule has 0 unspecified atom stereocenters. The molecule has 1 aliphatic heterocycles. The van der Waals surface area contributed by atoms with Gasteiger partial charge in [-0.25, -0.2) is 0 Å². The molecule has 1 aliphatic rings. The van der Waals surface area contributed by atoms with E-state index in [0.29, 0.717) is 16.3 Å². The van der Waals surface area contributed by atoms with Gasteiger partial charge < -0.3 is 4.90 Å². The van der Waals surface area contributed by atoms with Crippen molar-refractivity contribution in [1.29, 1.82) is 0 Å². The van der Waals surface area contributed by atoms with Gasteiger partial charge >= 0.3 is 0 Å². The number of nitro groups is 2. The van der Waals surface area contributed by atoms with Gasteiger partial charge in [-0.1, -0.05) is 36.4 Å². The van der Waals surface area contributed by atoms with Crippen LogP contribution in [-0.2, 0) is 0 Å². The Balaban J connectivity index is 2.02. The first-order chi connectivity index (χ1) is 14.0. The zero-order chi connectivity index (χ0) is 20.5. The maximum atomic E-state index is 11.8. The molecule has 0 amide bonds. The lowest BCUT2D eigenvalue weighted by Gasteiger charge is -2.26. The van der Waals surface area contributed by atoms with Crippen LogP contribution in [0, 0.1) is 20.2 Å². The molecule has 7 nitrogen and oxygen atoms in total. The quantitative estimate of drug-likeness (QED) is 0.432. The lowest BCUT2D eigenvalue weighted by Crippen LogP contribution is -2.18. The predicted molar refractivity (Wildman–Crippen MR) is 114 cm³/mol. The van der Waals surface area contributed by atoms with Crippen molar-refractivity contribution in [1.82, 2.24) is 0 Å². The highest BCUT2D eigenvalue weighted by atomic mass is 16.6. The number of benzene rings is 3. The lowest BCUT2D eigenvalue weighted by atomic mass is 9.94. The van der Waals surface area contributed by atoms with Gasteiger partial charge in [-0.3, -0.25) is 20.2 Å². The minimum absolute atomic E-state index is 0.272. The number of para-hydroxylation sites is 1. The van der Waals surface area contributed by atoms with Crippen LogP contribution < -0.4 is 4.90 Å². The first kappa shape index (κ1) is 18.4. The van der Waals surface area contributed by atoms with E-state index in [9.17, 15) is 20.2 Å². The van der Waals surface area contributed by atoms with Crippen molar-refractivity contribution in [3.8, 4) is 0 Å². The second-order valence-electron chi connectivity index (χ2n) is 6.61. The third-order valence-corrected chi connectivity index (χ3v) is 5.04. The highest BCUT2D eigenvalue weighted by Crippen LogP contribution is 2.40. The van der Waals surface area contributed by atoms with Gasteiger partial charge in [-0.05, 0) is 36.8 Å². The number of rotatable bonds is 4. The van der Waals surface area contributed by atoms with E-state index in [1.54, 1.807) is 30.3 Å². The number of hydrogen-bond donors (Lipinski definition) is 0. The summed E-state index contributed by atoms with van der Waals surface area (Å²) in [6.07, 6.45) is 5.59. The van der Waals surface area contributed by atoms with Gasteiger partial charge in [0.25, 0.3) is 11.4 Å². The fourth-order valence-corrected chi connectivity index (χ4v) is 3.68. The van der Waals surface area contributed by atoms with Crippen molar-refractivity contribution in [2.45, 2.75) is 6.92 Å². The monoisotopic (exact) mass is 387 g/mol. The summed E-state index contributed by atoms with van der Waals surface area (Å²) >= 11 is 0. The van der Waals surface area contributed by atoms with Crippen LogP contribution in [0.1, 0.15) is 18.1 Å².